The van der Waals surface area contributed by atoms with Crippen molar-refractivity contribution in [2.24, 2.45) is 0 Å². The molecule has 116 valence electrons. The fraction of sp³-hybridized carbons (Fsp3) is 0.100. The van der Waals surface area contributed by atoms with Gasteiger partial charge < -0.3 is 14.6 Å². The minimum atomic E-state index is 0.129. The largest absolute Gasteiger partial charge is 0.507 e. The smallest absolute Gasteiger partial charge is 0.134 e. The molecule has 0 atom stereocenters. The summed E-state index contributed by atoms with van der Waals surface area (Å²) in [5, 5.41) is 10.5. The number of benzene rings is 3. The van der Waals surface area contributed by atoms with Crippen LogP contribution in [0.1, 0.15) is 0 Å². The summed E-state index contributed by atoms with van der Waals surface area (Å²) < 4.78 is 10.7. The van der Waals surface area contributed by atoms with E-state index in [9.17, 15) is 5.11 Å². The van der Waals surface area contributed by atoms with E-state index in [1.165, 1.54) is 0 Å². The Morgan fingerprint density at radius 1 is 0.739 bits per heavy atom. The molecule has 0 aliphatic carbocycles. The van der Waals surface area contributed by atoms with Gasteiger partial charge in [-0.05, 0) is 16.7 Å². The molecule has 0 amide bonds. The molecule has 0 aliphatic rings. The molecule has 0 heterocycles. The van der Waals surface area contributed by atoms with Crippen molar-refractivity contribution in [2.45, 2.75) is 0 Å². The van der Waals surface area contributed by atoms with Crippen molar-refractivity contribution in [3.8, 4) is 39.5 Å². The van der Waals surface area contributed by atoms with Crippen molar-refractivity contribution in [3.63, 3.8) is 0 Å². The van der Waals surface area contributed by atoms with E-state index in [1.807, 2.05) is 54.6 Å². The van der Waals surface area contributed by atoms with Crippen molar-refractivity contribution in [1.82, 2.24) is 0 Å². The van der Waals surface area contributed by atoms with Gasteiger partial charge in [0.25, 0.3) is 0 Å². The molecule has 3 rings (SSSR count). The summed E-state index contributed by atoms with van der Waals surface area (Å²) in [4.78, 5) is 0. The van der Waals surface area contributed by atoms with E-state index in [0.29, 0.717) is 17.1 Å². The summed E-state index contributed by atoms with van der Waals surface area (Å²) in [6.07, 6.45) is 0. The van der Waals surface area contributed by atoms with Crippen LogP contribution in [-0.4, -0.2) is 19.3 Å². The summed E-state index contributed by atoms with van der Waals surface area (Å²) in [5.41, 5.74) is 3.69. The number of phenols is 1. The zero-order valence-corrected chi connectivity index (χ0v) is 13.1. The number of ether oxygens (including phenoxy) is 2. The van der Waals surface area contributed by atoms with Crippen LogP contribution in [0.4, 0.5) is 0 Å². The highest BCUT2D eigenvalue weighted by atomic mass is 16.5. The first kappa shape index (κ1) is 15.0. The SMILES string of the molecule is COc1cc(O)c(-c2ccccc2-c2ccccc2)c(OC)c1. The number of phenolic OH excluding ortho intramolecular Hbond substituents is 1. The second kappa shape index (κ2) is 6.44. The second-order valence-corrected chi connectivity index (χ2v) is 5.14. The summed E-state index contributed by atoms with van der Waals surface area (Å²) in [6, 6.07) is 21.4. The predicted octanol–water partition coefficient (Wildman–Crippen LogP) is 4.74. The Hall–Kier alpha value is -2.94. The Labute approximate surface area is 135 Å². The zero-order chi connectivity index (χ0) is 16.2. The molecule has 0 radical (unpaired) electrons. The van der Waals surface area contributed by atoms with Gasteiger partial charge in [-0.15, -0.1) is 0 Å². The van der Waals surface area contributed by atoms with Crippen LogP contribution < -0.4 is 9.47 Å². The fourth-order valence-electron chi connectivity index (χ4n) is 2.70. The molecule has 23 heavy (non-hydrogen) atoms. The Morgan fingerprint density at radius 2 is 1.39 bits per heavy atom. The first-order chi connectivity index (χ1) is 11.2. The lowest BCUT2D eigenvalue weighted by molar-refractivity contribution is 0.387. The first-order valence-electron chi connectivity index (χ1n) is 7.34. The Morgan fingerprint density at radius 3 is 2.04 bits per heavy atom. The van der Waals surface area contributed by atoms with Gasteiger partial charge in [0.05, 0.1) is 19.8 Å². The zero-order valence-electron chi connectivity index (χ0n) is 13.1. The third-order valence-electron chi connectivity index (χ3n) is 3.79. The average Bonchev–Trinajstić information content (AvgIpc) is 2.61. The van der Waals surface area contributed by atoms with E-state index in [-0.39, 0.29) is 5.75 Å². The molecular weight excluding hydrogens is 288 g/mol. The molecule has 3 aromatic rings. The van der Waals surface area contributed by atoms with Crippen molar-refractivity contribution >= 4 is 0 Å². The monoisotopic (exact) mass is 306 g/mol. The van der Waals surface area contributed by atoms with E-state index in [2.05, 4.69) is 0 Å². The van der Waals surface area contributed by atoms with Crippen molar-refractivity contribution in [1.29, 1.82) is 0 Å². The number of hydrogen-bond acceptors (Lipinski definition) is 3. The summed E-state index contributed by atoms with van der Waals surface area (Å²) in [7, 11) is 3.15. The van der Waals surface area contributed by atoms with Crippen molar-refractivity contribution < 1.29 is 14.6 Å². The van der Waals surface area contributed by atoms with Crippen LogP contribution in [0.15, 0.2) is 66.7 Å². The second-order valence-electron chi connectivity index (χ2n) is 5.14. The highest BCUT2D eigenvalue weighted by Gasteiger charge is 2.17. The van der Waals surface area contributed by atoms with Gasteiger partial charge >= 0.3 is 0 Å². The van der Waals surface area contributed by atoms with E-state index in [1.54, 1.807) is 26.4 Å². The molecule has 0 saturated heterocycles. The van der Waals surface area contributed by atoms with E-state index in [0.717, 1.165) is 16.7 Å². The summed E-state index contributed by atoms with van der Waals surface area (Å²) in [6.45, 7) is 0. The minimum Gasteiger partial charge on any atom is -0.507 e. The quantitative estimate of drug-likeness (QED) is 0.756. The number of methoxy groups -OCH3 is 2. The molecule has 3 heteroatoms. The minimum absolute atomic E-state index is 0.129. The van der Waals surface area contributed by atoms with Gasteiger partial charge in [0.2, 0.25) is 0 Å². The first-order valence-corrected chi connectivity index (χ1v) is 7.34. The molecule has 1 N–H and O–H groups in total. The summed E-state index contributed by atoms with van der Waals surface area (Å²) >= 11 is 0. The van der Waals surface area contributed by atoms with Crippen molar-refractivity contribution in [2.75, 3.05) is 14.2 Å². The third kappa shape index (κ3) is 2.86. The maximum absolute atomic E-state index is 10.5. The lowest BCUT2D eigenvalue weighted by atomic mass is 9.93. The number of aromatic hydroxyl groups is 1. The van der Waals surface area contributed by atoms with Gasteiger partial charge in [0, 0.05) is 12.1 Å². The molecule has 0 saturated carbocycles. The fourth-order valence-corrected chi connectivity index (χ4v) is 2.70. The maximum atomic E-state index is 10.5. The lowest BCUT2D eigenvalue weighted by Crippen LogP contribution is -1.93. The molecule has 0 bridgehead atoms. The molecule has 0 fully saturated rings. The normalized spacial score (nSPS) is 10.3. The van der Waals surface area contributed by atoms with Gasteiger partial charge in [0.1, 0.15) is 17.2 Å². The van der Waals surface area contributed by atoms with Crippen LogP contribution in [0, 0.1) is 0 Å². The topological polar surface area (TPSA) is 38.7 Å². The molecule has 0 aromatic heterocycles. The Bertz CT molecular complexity index is 810. The van der Waals surface area contributed by atoms with Crippen LogP contribution in [0.5, 0.6) is 17.2 Å². The molecule has 3 nitrogen and oxygen atoms in total. The lowest BCUT2D eigenvalue weighted by Gasteiger charge is -2.16. The number of rotatable bonds is 4. The van der Waals surface area contributed by atoms with Crippen LogP contribution in [-0.2, 0) is 0 Å². The summed E-state index contributed by atoms with van der Waals surface area (Å²) in [5.74, 6) is 1.26. The van der Waals surface area contributed by atoms with Gasteiger partial charge in [0.15, 0.2) is 0 Å². The van der Waals surface area contributed by atoms with Gasteiger partial charge in [-0.1, -0.05) is 54.6 Å². The molecule has 0 unspecified atom stereocenters. The van der Waals surface area contributed by atoms with Gasteiger partial charge in [-0.3, -0.25) is 0 Å². The average molecular weight is 306 g/mol. The van der Waals surface area contributed by atoms with Gasteiger partial charge in [-0.2, -0.15) is 0 Å². The standard InChI is InChI=1S/C20H18O3/c1-22-15-12-18(21)20(19(13-15)23-2)17-11-7-6-10-16(17)14-8-4-3-5-9-14/h3-13,21H,1-2H3. The maximum Gasteiger partial charge on any atom is 0.134 e. The van der Waals surface area contributed by atoms with Gasteiger partial charge in [-0.25, -0.2) is 0 Å². The van der Waals surface area contributed by atoms with Crippen LogP contribution in [0.3, 0.4) is 0 Å². The molecule has 3 aromatic carbocycles. The molecule has 0 spiro atoms. The van der Waals surface area contributed by atoms with E-state index >= 15 is 0 Å². The number of hydrogen-bond donors (Lipinski definition) is 1. The van der Waals surface area contributed by atoms with E-state index in [4.69, 9.17) is 9.47 Å². The van der Waals surface area contributed by atoms with Crippen LogP contribution >= 0.6 is 0 Å². The Kier molecular flexibility index (Phi) is 4.20. The van der Waals surface area contributed by atoms with Crippen molar-refractivity contribution in [3.05, 3.63) is 66.7 Å². The molecular formula is C20H18O3. The van der Waals surface area contributed by atoms with Crippen LogP contribution in [0.2, 0.25) is 0 Å². The van der Waals surface area contributed by atoms with Crippen LogP contribution in [0.25, 0.3) is 22.3 Å². The third-order valence-corrected chi connectivity index (χ3v) is 3.79. The molecule has 0 aliphatic heterocycles. The highest BCUT2D eigenvalue weighted by Crippen LogP contribution is 2.44. The van der Waals surface area contributed by atoms with E-state index < -0.39 is 0 Å². The Balaban J connectivity index is 2.25. The predicted molar refractivity (Wildman–Crippen MR) is 92.1 cm³/mol. The highest BCUT2D eigenvalue weighted by molar-refractivity contribution is 5.89.